The molecule has 0 spiro atoms. The van der Waals surface area contributed by atoms with E-state index in [9.17, 15) is 9.59 Å². The largest absolute Gasteiger partial charge is 0.481 e. The van der Waals surface area contributed by atoms with Crippen LogP contribution in [0, 0.1) is 0 Å². The van der Waals surface area contributed by atoms with Crippen LogP contribution >= 0.6 is 0 Å². The number of carbonyl (C=O) groups excluding carboxylic acids is 2. The highest BCUT2D eigenvalue weighted by Crippen LogP contribution is 2.26. The fourth-order valence-corrected chi connectivity index (χ4v) is 3.41. The highest BCUT2D eigenvalue weighted by atomic mass is 16.5. The van der Waals surface area contributed by atoms with Crippen LogP contribution in [-0.4, -0.2) is 24.0 Å². The minimum absolute atomic E-state index is 0.0162. The standard InChI is InChI=1S/C23H28N2O3/c1-15(2)24-23(27)20-10-6-7-11-21(20)25-22(26)16(3)28-19-13-12-17-8-4-5-9-18(17)14-19/h6-7,10-16H,4-5,8-9H2,1-3H3,(H,24,27)(H,25,26)/t16-/m1/s1. The molecular formula is C23H28N2O3. The zero-order chi connectivity index (χ0) is 20.1. The van der Waals surface area contributed by atoms with Gasteiger partial charge in [-0.1, -0.05) is 18.2 Å². The number of amides is 2. The maximum absolute atomic E-state index is 12.6. The second-order valence-corrected chi connectivity index (χ2v) is 7.56. The van der Waals surface area contributed by atoms with E-state index in [0.29, 0.717) is 17.0 Å². The molecule has 0 fully saturated rings. The number of ether oxygens (including phenoxy) is 1. The zero-order valence-electron chi connectivity index (χ0n) is 16.7. The molecule has 2 aromatic carbocycles. The third-order valence-corrected chi connectivity index (χ3v) is 4.85. The highest BCUT2D eigenvalue weighted by molar-refractivity contribution is 6.04. The van der Waals surface area contributed by atoms with Crippen LogP contribution in [0.25, 0.3) is 0 Å². The number of carbonyl (C=O) groups is 2. The summed E-state index contributed by atoms with van der Waals surface area (Å²) in [4.78, 5) is 25.0. The first kappa shape index (κ1) is 19.9. The highest BCUT2D eigenvalue weighted by Gasteiger charge is 2.19. The number of fused-ring (bicyclic) bond motifs is 1. The number of hydrogen-bond acceptors (Lipinski definition) is 3. The van der Waals surface area contributed by atoms with Gasteiger partial charge in [-0.15, -0.1) is 0 Å². The Bertz CT molecular complexity index is 861. The fraction of sp³-hybridized carbons (Fsp3) is 0.391. The van der Waals surface area contributed by atoms with E-state index in [4.69, 9.17) is 4.74 Å². The monoisotopic (exact) mass is 380 g/mol. The summed E-state index contributed by atoms with van der Waals surface area (Å²) >= 11 is 0. The van der Waals surface area contributed by atoms with Gasteiger partial charge in [0.1, 0.15) is 5.75 Å². The summed E-state index contributed by atoms with van der Waals surface area (Å²) in [6.45, 7) is 5.51. The average molecular weight is 380 g/mol. The van der Waals surface area contributed by atoms with Crippen LogP contribution in [0.3, 0.4) is 0 Å². The van der Waals surface area contributed by atoms with Crippen LogP contribution in [0.1, 0.15) is 55.1 Å². The molecule has 3 rings (SSSR count). The van der Waals surface area contributed by atoms with Crippen molar-refractivity contribution in [1.29, 1.82) is 0 Å². The van der Waals surface area contributed by atoms with Gasteiger partial charge in [0.25, 0.3) is 11.8 Å². The van der Waals surface area contributed by atoms with Gasteiger partial charge >= 0.3 is 0 Å². The van der Waals surface area contributed by atoms with Gasteiger partial charge < -0.3 is 15.4 Å². The first-order valence-electron chi connectivity index (χ1n) is 9.93. The van der Waals surface area contributed by atoms with Crippen molar-refractivity contribution >= 4 is 17.5 Å². The normalized spacial score (nSPS) is 14.1. The van der Waals surface area contributed by atoms with Gasteiger partial charge in [0.05, 0.1) is 11.3 Å². The molecule has 5 heteroatoms. The van der Waals surface area contributed by atoms with Crippen molar-refractivity contribution in [3.05, 3.63) is 59.2 Å². The van der Waals surface area contributed by atoms with E-state index < -0.39 is 6.10 Å². The Morgan fingerprint density at radius 2 is 1.68 bits per heavy atom. The number of rotatable bonds is 6. The summed E-state index contributed by atoms with van der Waals surface area (Å²) in [7, 11) is 0. The Morgan fingerprint density at radius 3 is 2.43 bits per heavy atom. The third-order valence-electron chi connectivity index (χ3n) is 4.85. The lowest BCUT2D eigenvalue weighted by Crippen LogP contribution is -2.33. The first-order valence-corrected chi connectivity index (χ1v) is 9.93. The smallest absolute Gasteiger partial charge is 0.265 e. The van der Waals surface area contributed by atoms with E-state index in [0.717, 1.165) is 12.8 Å². The van der Waals surface area contributed by atoms with Crippen LogP contribution in [0.5, 0.6) is 5.75 Å². The molecule has 2 N–H and O–H groups in total. The maximum Gasteiger partial charge on any atom is 0.265 e. The molecule has 0 heterocycles. The Hall–Kier alpha value is -2.82. The van der Waals surface area contributed by atoms with E-state index in [1.165, 1.54) is 24.0 Å². The van der Waals surface area contributed by atoms with Crippen LogP contribution in [0.2, 0.25) is 0 Å². The molecule has 0 aromatic heterocycles. The molecule has 2 amide bonds. The Labute approximate surface area is 166 Å². The van der Waals surface area contributed by atoms with Crippen LogP contribution in [-0.2, 0) is 17.6 Å². The molecule has 0 unspecified atom stereocenters. The van der Waals surface area contributed by atoms with Crippen molar-refractivity contribution < 1.29 is 14.3 Å². The fourth-order valence-electron chi connectivity index (χ4n) is 3.41. The molecule has 1 aliphatic carbocycles. The van der Waals surface area contributed by atoms with Crippen molar-refractivity contribution in [1.82, 2.24) is 5.32 Å². The van der Waals surface area contributed by atoms with Crippen molar-refractivity contribution in [3.8, 4) is 5.75 Å². The topological polar surface area (TPSA) is 67.4 Å². The van der Waals surface area contributed by atoms with E-state index in [2.05, 4.69) is 16.7 Å². The van der Waals surface area contributed by atoms with E-state index in [-0.39, 0.29) is 17.9 Å². The van der Waals surface area contributed by atoms with Crippen molar-refractivity contribution in [2.24, 2.45) is 0 Å². The van der Waals surface area contributed by atoms with Gasteiger partial charge in [-0.3, -0.25) is 9.59 Å². The summed E-state index contributed by atoms with van der Waals surface area (Å²) in [6.07, 6.45) is 3.92. The van der Waals surface area contributed by atoms with Gasteiger partial charge in [-0.05, 0) is 81.8 Å². The minimum Gasteiger partial charge on any atom is -0.481 e. The molecule has 1 aliphatic rings. The van der Waals surface area contributed by atoms with E-state index >= 15 is 0 Å². The van der Waals surface area contributed by atoms with Crippen molar-refractivity contribution in [2.45, 2.75) is 58.6 Å². The van der Waals surface area contributed by atoms with Crippen LogP contribution < -0.4 is 15.4 Å². The summed E-state index contributed by atoms with van der Waals surface area (Å²) in [5.74, 6) is 0.200. The molecule has 0 saturated heterocycles. The first-order chi connectivity index (χ1) is 13.4. The Kier molecular flexibility index (Phi) is 6.34. The molecule has 0 aliphatic heterocycles. The van der Waals surface area contributed by atoms with Gasteiger partial charge in [0.2, 0.25) is 0 Å². The lowest BCUT2D eigenvalue weighted by Gasteiger charge is -2.19. The number of hydrogen-bond donors (Lipinski definition) is 2. The predicted octanol–water partition coefficient (Wildman–Crippen LogP) is 4.11. The molecule has 2 aromatic rings. The molecular weight excluding hydrogens is 352 g/mol. The predicted molar refractivity (Wildman–Crippen MR) is 111 cm³/mol. The second kappa shape index (κ2) is 8.91. The lowest BCUT2D eigenvalue weighted by atomic mass is 9.92. The third kappa shape index (κ3) is 4.91. The molecule has 0 radical (unpaired) electrons. The summed E-state index contributed by atoms with van der Waals surface area (Å²) in [6, 6.07) is 13.1. The minimum atomic E-state index is -0.678. The van der Waals surface area contributed by atoms with Crippen LogP contribution in [0.15, 0.2) is 42.5 Å². The van der Waals surface area contributed by atoms with E-state index in [1.807, 2.05) is 26.0 Å². The zero-order valence-corrected chi connectivity index (χ0v) is 16.7. The maximum atomic E-state index is 12.6. The summed E-state index contributed by atoms with van der Waals surface area (Å²) in [5, 5.41) is 5.67. The molecule has 5 nitrogen and oxygen atoms in total. The SMILES string of the molecule is CC(C)NC(=O)c1ccccc1NC(=O)[C@@H](C)Oc1ccc2c(c1)CCCC2. The number of nitrogens with one attached hydrogen (secondary N) is 2. The molecule has 1 atom stereocenters. The lowest BCUT2D eigenvalue weighted by molar-refractivity contribution is -0.122. The quantitative estimate of drug-likeness (QED) is 0.792. The summed E-state index contributed by atoms with van der Waals surface area (Å²) < 4.78 is 5.87. The molecule has 28 heavy (non-hydrogen) atoms. The van der Waals surface area contributed by atoms with Gasteiger partial charge in [0.15, 0.2) is 6.10 Å². The molecule has 0 saturated carbocycles. The second-order valence-electron chi connectivity index (χ2n) is 7.56. The van der Waals surface area contributed by atoms with E-state index in [1.54, 1.807) is 31.2 Å². The Balaban J connectivity index is 1.67. The summed E-state index contributed by atoms with van der Waals surface area (Å²) in [5.41, 5.74) is 3.60. The average Bonchev–Trinajstić information content (AvgIpc) is 2.67. The van der Waals surface area contributed by atoms with Gasteiger partial charge in [0, 0.05) is 6.04 Å². The Morgan fingerprint density at radius 1 is 0.964 bits per heavy atom. The molecule has 148 valence electrons. The number of para-hydroxylation sites is 1. The van der Waals surface area contributed by atoms with Gasteiger partial charge in [-0.25, -0.2) is 0 Å². The van der Waals surface area contributed by atoms with Crippen molar-refractivity contribution in [3.63, 3.8) is 0 Å². The van der Waals surface area contributed by atoms with Crippen LogP contribution in [0.4, 0.5) is 5.69 Å². The van der Waals surface area contributed by atoms with Gasteiger partial charge in [-0.2, -0.15) is 0 Å². The number of aryl methyl sites for hydroxylation is 2. The number of benzene rings is 2. The molecule has 0 bridgehead atoms. The number of anilines is 1. The van der Waals surface area contributed by atoms with Crippen molar-refractivity contribution in [2.75, 3.05) is 5.32 Å².